The van der Waals surface area contributed by atoms with Crippen molar-refractivity contribution in [3.05, 3.63) is 144 Å². The van der Waals surface area contributed by atoms with Crippen LogP contribution in [0.4, 0.5) is 0 Å². The van der Waals surface area contributed by atoms with Crippen LogP contribution in [0.15, 0.2) is 127 Å². The smallest absolute Gasteiger partial charge is 0.343 e. The molecule has 5 nitrogen and oxygen atoms in total. The maximum Gasteiger partial charge on any atom is 0.343 e. The zero-order chi connectivity index (χ0) is 28.3. The fourth-order valence-electron chi connectivity index (χ4n) is 4.69. The average Bonchev–Trinajstić information content (AvgIpc) is 3.02. The highest BCUT2D eigenvalue weighted by Crippen LogP contribution is 2.51. The molecule has 0 atom stereocenters. The van der Waals surface area contributed by atoms with E-state index in [-0.39, 0.29) is 0 Å². The first-order chi connectivity index (χ1) is 19.1. The number of carbonyl (C=O) groups is 2. The van der Waals surface area contributed by atoms with Gasteiger partial charge in [-0.25, -0.2) is 9.59 Å². The van der Waals surface area contributed by atoms with Gasteiger partial charge < -0.3 is 14.4 Å². The molecule has 40 heavy (non-hydrogen) atoms. The Kier molecular flexibility index (Phi) is 7.31. The second-order valence-corrected chi connectivity index (χ2v) is 11.1. The molecule has 4 aromatic rings. The number of fused-ring (bicyclic) bond motifs is 1. The van der Waals surface area contributed by atoms with E-state index in [0.717, 1.165) is 16.3 Å². The van der Waals surface area contributed by atoms with E-state index in [4.69, 9.17) is 9.47 Å². The van der Waals surface area contributed by atoms with E-state index in [1.165, 1.54) is 0 Å². The van der Waals surface area contributed by atoms with Gasteiger partial charge in [0.05, 0.1) is 11.1 Å². The maximum atomic E-state index is 13.2. The van der Waals surface area contributed by atoms with E-state index in [1.807, 2.05) is 93.5 Å². The zero-order valence-corrected chi connectivity index (χ0v) is 23.3. The molecule has 0 fully saturated rings. The lowest BCUT2D eigenvalue weighted by atomic mass is 9.66. The third-order valence-electron chi connectivity index (χ3n) is 7.96. The quantitative estimate of drug-likeness (QED) is 0.235. The van der Waals surface area contributed by atoms with Crippen LogP contribution in [0.5, 0.6) is 0 Å². The van der Waals surface area contributed by atoms with Gasteiger partial charge in [0.15, 0.2) is 0 Å². The second kappa shape index (κ2) is 10.9. The molecule has 0 aliphatic carbocycles. The minimum atomic E-state index is -0.724. The molecule has 0 amide bonds. The van der Waals surface area contributed by atoms with Gasteiger partial charge >= 0.3 is 11.9 Å². The summed E-state index contributed by atoms with van der Waals surface area (Å²) >= 11 is 0. The zero-order valence-electron chi connectivity index (χ0n) is 23.3. The normalized spacial score (nSPS) is 15.9. The van der Waals surface area contributed by atoms with Crippen LogP contribution in [0.2, 0.25) is 0 Å². The molecule has 1 heterocycles. The molecule has 1 aliphatic rings. The molecular weight excluding hydrogens is 498 g/mol. The van der Waals surface area contributed by atoms with Crippen LogP contribution in [0.25, 0.3) is 10.8 Å². The lowest BCUT2D eigenvalue weighted by Gasteiger charge is -2.41. The number of esters is 2. The number of hydrogen-bond donors (Lipinski definition) is 0. The Bertz CT molecular complexity index is 1520. The number of allylic oxidation sites excluding steroid dienone is 2. The van der Waals surface area contributed by atoms with Crippen molar-refractivity contribution in [1.82, 2.24) is 4.90 Å². The predicted octanol–water partition coefficient (Wildman–Crippen LogP) is 8.10. The fourth-order valence-corrected chi connectivity index (χ4v) is 4.69. The molecule has 5 heteroatoms. The molecule has 0 aromatic heterocycles. The van der Waals surface area contributed by atoms with Crippen molar-refractivity contribution >= 4 is 22.7 Å². The molecular formula is C35H33NO4. The minimum absolute atomic E-state index is 0.439. The van der Waals surface area contributed by atoms with Gasteiger partial charge in [0.2, 0.25) is 0 Å². The maximum absolute atomic E-state index is 13.2. The molecule has 5 rings (SSSR count). The lowest BCUT2D eigenvalue weighted by Crippen LogP contribution is -2.38. The Morgan fingerprint density at radius 3 is 1.55 bits per heavy atom. The molecule has 0 saturated carbocycles. The van der Waals surface area contributed by atoms with Gasteiger partial charge in [-0.05, 0) is 46.7 Å². The number of nitrogens with zero attached hydrogens (tertiary/aromatic N) is 1. The van der Waals surface area contributed by atoms with Gasteiger partial charge in [0.25, 0.3) is 0 Å². The van der Waals surface area contributed by atoms with E-state index in [1.54, 1.807) is 24.3 Å². The van der Waals surface area contributed by atoms with Crippen LogP contribution in [0, 0.1) is 10.8 Å². The summed E-state index contributed by atoms with van der Waals surface area (Å²) in [6.07, 6.45) is 3.70. The molecule has 0 spiro atoms. The van der Waals surface area contributed by atoms with Crippen LogP contribution >= 0.6 is 0 Å². The lowest BCUT2D eigenvalue weighted by molar-refractivity contribution is 0.0238. The van der Waals surface area contributed by atoms with Gasteiger partial charge in [-0.15, -0.1) is 0 Å². The Labute approximate surface area is 235 Å². The number of hydrogen-bond acceptors (Lipinski definition) is 5. The molecule has 0 N–H and O–H groups in total. The predicted molar refractivity (Wildman–Crippen MR) is 157 cm³/mol. The Morgan fingerprint density at radius 1 is 0.600 bits per heavy atom. The van der Waals surface area contributed by atoms with Crippen molar-refractivity contribution in [2.24, 2.45) is 10.8 Å². The standard InChI is InChI=1S/C35H33NO4/c1-34(2)30(39-32(37)27-14-7-5-8-15-27)23-36(22-25-19-20-26-13-11-12-18-29(26)21-25)24-31(35(34,3)4)40-33(38)28-16-9-6-10-17-28/h5-21,23-24H,22H2,1-4H3. The van der Waals surface area contributed by atoms with Gasteiger partial charge in [0.1, 0.15) is 11.5 Å². The highest BCUT2D eigenvalue weighted by molar-refractivity contribution is 5.91. The van der Waals surface area contributed by atoms with Crippen LogP contribution < -0.4 is 0 Å². The second-order valence-electron chi connectivity index (χ2n) is 11.1. The largest absolute Gasteiger partial charge is 0.425 e. The third kappa shape index (κ3) is 5.41. The minimum Gasteiger partial charge on any atom is -0.425 e. The topological polar surface area (TPSA) is 55.8 Å². The van der Waals surface area contributed by atoms with Crippen molar-refractivity contribution in [2.45, 2.75) is 34.2 Å². The van der Waals surface area contributed by atoms with Gasteiger partial charge in [-0.3, -0.25) is 0 Å². The summed E-state index contributed by atoms with van der Waals surface area (Å²) in [7, 11) is 0. The highest BCUT2D eigenvalue weighted by atomic mass is 16.5. The number of rotatable bonds is 6. The summed E-state index contributed by atoms with van der Waals surface area (Å²) in [5.41, 5.74) is 0.541. The molecule has 202 valence electrons. The fraction of sp³-hybridized carbons (Fsp3) is 0.200. The third-order valence-corrected chi connectivity index (χ3v) is 7.96. The van der Waals surface area contributed by atoms with Crippen molar-refractivity contribution in [3.8, 4) is 0 Å². The first-order valence-corrected chi connectivity index (χ1v) is 13.4. The molecule has 0 bridgehead atoms. The van der Waals surface area contributed by atoms with Crippen molar-refractivity contribution in [2.75, 3.05) is 0 Å². The SMILES string of the molecule is CC1(C)C(OC(=O)c2ccccc2)=CN(Cc2ccc3ccccc3c2)C=C(OC(=O)c2ccccc2)C1(C)C. The summed E-state index contributed by atoms with van der Waals surface area (Å²) in [5, 5.41) is 2.29. The van der Waals surface area contributed by atoms with Crippen molar-refractivity contribution in [1.29, 1.82) is 0 Å². The van der Waals surface area contributed by atoms with Crippen molar-refractivity contribution in [3.63, 3.8) is 0 Å². The van der Waals surface area contributed by atoms with Gasteiger partial charge in [-0.2, -0.15) is 0 Å². The number of ether oxygens (including phenoxy) is 2. The first kappa shape index (κ1) is 26.9. The van der Waals surface area contributed by atoms with E-state index in [9.17, 15) is 9.59 Å². The number of benzene rings is 4. The first-order valence-electron chi connectivity index (χ1n) is 13.4. The van der Waals surface area contributed by atoms with E-state index >= 15 is 0 Å². The van der Waals surface area contributed by atoms with Gasteiger partial charge in [-0.1, -0.05) is 100 Å². The average molecular weight is 532 g/mol. The summed E-state index contributed by atoms with van der Waals surface area (Å²) in [6, 6.07) is 32.4. The van der Waals surface area contributed by atoms with Crippen LogP contribution in [-0.4, -0.2) is 16.8 Å². The van der Waals surface area contributed by atoms with Crippen LogP contribution in [0.3, 0.4) is 0 Å². The van der Waals surface area contributed by atoms with Gasteiger partial charge in [0, 0.05) is 29.8 Å². The molecule has 0 saturated heterocycles. The highest BCUT2D eigenvalue weighted by Gasteiger charge is 2.48. The van der Waals surface area contributed by atoms with E-state index in [0.29, 0.717) is 29.2 Å². The summed E-state index contributed by atoms with van der Waals surface area (Å²) in [6.45, 7) is 8.49. The number of carbonyl (C=O) groups excluding carboxylic acids is 2. The molecule has 0 unspecified atom stereocenters. The van der Waals surface area contributed by atoms with E-state index in [2.05, 4.69) is 30.3 Å². The Hall–Kier alpha value is -4.64. The Balaban J connectivity index is 1.54. The monoisotopic (exact) mass is 531 g/mol. The summed E-state index contributed by atoms with van der Waals surface area (Å²) in [4.78, 5) is 28.3. The van der Waals surface area contributed by atoms with Crippen molar-refractivity contribution < 1.29 is 19.1 Å². The molecule has 4 aromatic carbocycles. The van der Waals surface area contributed by atoms with E-state index < -0.39 is 22.8 Å². The van der Waals surface area contributed by atoms with Crippen LogP contribution in [-0.2, 0) is 16.0 Å². The summed E-state index contributed by atoms with van der Waals surface area (Å²) < 4.78 is 12.2. The Morgan fingerprint density at radius 2 is 1.05 bits per heavy atom. The molecule has 0 radical (unpaired) electrons. The van der Waals surface area contributed by atoms with Crippen LogP contribution in [0.1, 0.15) is 54.0 Å². The summed E-state index contributed by atoms with van der Waals surface area (Å²) in [5.74, 6) is 0.0838. The molecule has 1 aliphatic heterocycles.